The van der Waals surface area contributed by atoms with Gasteiger partial charge in [0.05, 0.1) is 11.6 Å². The minimum absolute atomic E-state index is 0.523. The molecule has 0 aliphatic rings. The fraction of sp³-hybridized carbons (Fsp3) is 0.455. The summed E-state index contributed by atoms with van der Waals surface area (Å²) in [6.07, 6.45) is -0.641. The zero-order chi connectivity index (χ0) is 11.4. The molecule has 0 aliphatic heterocycles. The lowest BCUT2D eigenvalue weighted by Crippen LogP contribution is -2.19. The summed E-state index contributed by atoms with van der Waals surface area (Å²) < 4.78 is 5.30. The molecule has 0 bridgehead atoms. The Morgan fingerprint density at radius 1 is 1.47 bits per heavy atom. The molecule has 1 N–H and O–H groups in total. The quantitative estimate of drug-likeness (QED) is 0.805. The Balaban J connectivity index is 2.90. The number of ether oxygens (including phenoxy) is 1. The molecule has 0 aliphatic carbocycles. The predicted molar refractivity (Wildman–Crippen MR) is 61.3 cm³/mol. The molecule has 0 saturated carbocycles. The predicted octanol–water partition coefficient (Wildman–Crippen LogP) is 2.29. The summed E-state index contributed by atoms with van der Waals surface area (Å²) in [6.45, 7) is 2.48. The van der Waals surface area contributed by atoms with Gasteiger partial charge in [0.15, 0.2) is 0 Å². The van der Waals surface area contributed by atoms with E-state index in [4.69, 9.17) is 16.3 Å². The number of hydrogen-bond donors (Lipinski definition) is 1. The molecule has 1 atom stereocenters. The van der Waals surface area contributed by atoms with E-state index in [0.29, 0.717) is 17.4 Å². The van der Waals surface area contributed by atoms with Crippen LogP contribution in [0.5, 0.6) is 5.75 Å². The minimum atomic E-state index is -0.641. The summed E-state index contributed by atoms with van der Waals surface area (Å²) in [5.41, 5.74) is 0.758. The molecule has 1 rings (SSSR count). The van der Waals surface area contributed by atoms with Crippen molar-refractivity contribution < 1.29 is 9.84 Å². The van der Waals surface area contributed by atoms with Crippen molar-refractivity contribution >= 4 is 11.6 Å². The number of aliphatic hydroxyl groups excluding tert-OH is 1. The first kappa shape index (κ1) is 12.3. The van der Waals surface area contributed by atoms with E-state index in [2.05, 4.69) is 0 Å². The maximum atomic E-state index is 9.77. The molecule has 0 saturated heterocycles. The summed E-state index contributed by atoms with van der Waals surface area (Å²) >= 11 is 6.00. The number of benzene rings is 1. The van der Waals surface area contributed by atoms with Crippen LogP contribution in [0.25, 0.3) is 0 Å². The fourth-order valence-corrected chi connectivity index (χ4v) is 1.49. The van der Waals surface area contributed by atoms with Crippen LogP contribution in [-0.4, -0.2) is 30.7 Å². The van der Waals surface area contributed by atoms with E-state index >= 15 is 0 Å². The Hall–Kier alpha value is -0.770. The van der Waals surface area contributed by atoms with E-state index in [-0.39, 0.29) is 0 Å². The van der Waals surface area contributed by atoms with E-state index in [1.54, 1.807) is 31.1 Å². The zero-order valence-electron chi connectivity index (χ0n) is 9.20. The Kier molecular flexibility index (Phi) is 4.39. The highest BCUT2D eigenvalue weighted by Gasteiger charge is 2.11. The highest BCUT2D eigenvalue weighted by Crippen LogP contribution is 2.28. The van der Waals surface area contributed by atoms with Crippen molar-refractivity contribution in [2.24, 2.45) is 0 Å². The Morgan fingerprint density at radius 3 is 2.60 bits per heavy atom. The van der Waals surface area contributed by atoms with E-state index < -0.39 is 6.23 Å². The van der Waals surface area contributed by atoms with Gasteiger partial charge in [-0.3, -0.25) is 4.90 Å². The SMILES string of the molecule is CCOc1ccc(C(O)N(C)C)cc1Cl. The standard InChI is InChI=1S/C11H16ClNO2/c1-4-15-10-6-5-8(7-9(10)12)11(14)13(2)3/h5-7,11,14H,4H2,1-3H3. The lowest BCUT2D eigenvalue weighted by Gasteiger charge is -2.19. The first-order valence-electron chi connectivity index (χ1n) is 4.83. The number of aliphatic hydroxyl groups is 1. The van der Waals surface area contributed by atoms with Crippen LogP contribution >= 0.6 is 11.6 Å². The smallest absolute Gasteiger partial charge is 0.137 e. The van der Waals surface area contributed by atoms with Gasteiger partial charge in [-0.15, -0.1) is 0 Å². The van der Waals surface area contributed by atoms with Crippen molar-refractivity contribution in [3.8, 4) is 5.75 Å². The zero-order valence-corrected chi connectivity index (χ0v) is 9.95. The van der Waals surface area contributed by atoms with Gasteiger partial charge in [-0.2, -0.15) is 0 Å². The van der Waals surface area contributed by atoms with Crippen LogP contribution in [0.15, 0.2) is 18.2 Å². The molecule has 0 aromatic heterocycles. The molecule has 0 heterocycles. The van der Waals surface area contributed by atoms with Gasteiger partial charge in [-0.1, -0.05) is 17.7 Å². The van der Waals surface area contributed by atoms with E-state index in [1.165, 1.54) is 0 Å². The maximum absolute atomic E-state index is 9.77. The Labute approximate surface area is 95.2 Å². The molecular formula is C11H16ClNO2. The molecule has 0 radical (unpaired) electrons. The normalized spacial score (nSPS) is 12.9. The van der Waals surface area contributed by atoms with Gasteiger partial charge in [0, 0.05) is 0 Å². The molecule has 4 heteroatoms. The molecule has 1 unspecified atom stereocenters. The third kappa shape index (κ3) is 3.09. The van der Waals surface area contributed by atoms with Gasteiger partial charge >= 0.3 is 0 Å². The van der Waals surface area contributed by atoms with Gasteiger partial charge in [-0.05, 0) is 38.7 Å². The molecule has 1 aromatic rings. The number of rotatable bonds is 4. The van der Waals surface area contributed by atoms with Gasteiger partial charge < -0.3 is 9.84 Å². The average molecular weight is 230 g/mol. The van der Waals surface area contributed by atoms with Crippen molar-refractivity contribution in [1.29, 1.82) is 0 Å². The van der Waals surface area contributed by atoms with Gasteiger partial charge in [0.1, 0.15) is 12.0 Å². The molecule has 1 aromatic carbocycles. The molecule has 0 spiro atoms. The molecule has 3 nitrogen and oxygen atoms in total. The highest BCUT2D eigenvalue weighted by molar-refractivity contribution is 6.32. The van der Waals surface area contributed by atoms with Crippen LogP contribution in [0, 0.1) is 0 Å². The van der Waals surface area contributed by atoms with Gasteiger partial charge in [-0.25, -0.2) is 0 Å². The monoisotopic (exact) mass is 229 g/mol. The van der Waals surface area contributed by atoms with Crippen molar-refractivity contribution in [2.75, 3.05) is 20.7 Å². The lowest BCUT2D eigenvalue weighted by molar-refractivity contribution is 0.0395. The van der Waals surface area contributed by atoms with Crippen LogP contribution in [0.4, 0.5) is 0 Å². The van der Waals surface area contributed by atoms with Crippen LogP contribution in [0.3, 0.4) is 0 Å². The lowest BCUT2D eigenvalue weighted by atomic mass is 10.2. The Bertz CT molecular complexity index is 328. The Morgan fingerprint density at radius 2 is 2.13 bits per heavy atom. The van der Waals surface area contributed by atoms with E-state index in [0.717, 1.165) is 5.56 Å². The first-order chi connectivity index (χ1) is 7.06. The van der Waals surface area contributed by atoms with Crippen LogP contribution in [0.1, 0.15) is 18.7 Å². The molecule has 84 valence electrons. The van der Waals surface area contributed by atoms with Gasteiger partial charge in [0.25, 0.3) is 0 Å². The van der Waals surface area contributed by atoms with Crippen molar-refractivity contribution in [3.05, 3.63) is 28.8 Å². The molecule has 0 amide bonds. The number of nitrogens with zero attached hydrogens (tertiary/aromatic N) is 1. The second kappa shape index (κ2) is 5.35. The largest absolute Gasteiger partial charge is 0.492 e. The van der Waals surface area contributed by atoms with E-state index in [1.807, 2.05) is 13.0 Å². The number of halogens is 1. The summed E-state index contributed by atoms with van der Waals surface area (Å²) in [5, 5.41) is 10.3. The first-order valence-corrected chi connectivity index (χ1v) is 5.20. The van der Waals surface area contributed by atoms with Crippen LogP contribution in [-0.2, 0) is 0 Å². The van der Waals surface area contributed by atoms with Crippen molar-refractivity contribution in [1.82, 2.24) is 4.90 Å². The third-order valence-corrected chi connectivity index (χ3v) is 2.34. The topological polar surface area (TPSA) is 32.7 Å². The molecule has 15 heavy (non-hydrogen) atoms. The van der Waals surface area contributed by atoms with E-state index in [9.17, 15) is 5.11 Å². The summed E-state index contributed by atoms with van der Waals surface area (Å²) in [7, 11) is 3.60. The second-order valence-corrected chi connectivity index (χ2v) is 3.87. The van der Waals surface area contributed by atoms with Gasteiger partial charge in [0.2, 0.25) is 0 Å². The van der Waals surface area contributed by atoms with Crippen LogP contribution < -0.4 is 4.74 Å². The molecular weight excluding hydrogens is 214 g/mol. The fourth-order valence-electron chi connectivity index (χ4n) is 1.25. The maximum Gasteiger partial charge on any atom is 0.137 e. The summed E-state index contributed by atoms with van der Waals surface area (Å²) in [5.74, 6) is 0.647. The van der Waals surface area contributed by atoms with Crippen LogP contribution in [0.2, 0.25) is 5.02 Å². The third-order valence-electron chi connectivity index (χ3n) is 2.04. The minimum Gasteiger partial charge on any atom is -0.492 e. The molecule has 0 fully saturated rings. The second-order valence-electron chi connectivity index (χ2n) is 3.46. The summed E-state index contributed by atoms with van der Waals surface area (Å²) in [6, 6.07) is 5.30. The van der Waals surface area contributed by atoms with Crippen molar-refractivity contribution in [3.63, 3.8) is 0 Å². The van der Waals surface area contributed by atoms with Crippen molar-refractivity contribution in [2.45, 2.75) is 13.2 Å². The average Bonchev–Trinajstić information content (AvgIpc) is 2.20. The summed E-state index contributed by atoms with van der Waals surface area (Å²) in [4.78, 5) is 1.70. The highest BCUT2D eigenvalue weighted by atomic mass is 35.5. The number of hydrogen-bond acceptors (Lipinski definition) is 3.